The van der Waals surface area contributed by atoms with Crippen molar-refractivity contribution in [3.63, 3.8) is 0 Å². The van der Waals surface area contributed by atoms with Crippen molar-refractivity contribution in [3.05, 3.63) is 141 Å². The largest absolute Gasteiger partial charge is 0.352 e. The van der Waals surface area contributed by atoms with Gasteiger partial charge >= 0.3 is 0 Å². The molecular weight excluding hydrogens is 542 g/mol. The molecule has 1 fully saturated rings. The first-order valence-corrected chi connectivity index (χ1v) is 14.1. The van der Waals surface area contributed by atoms with E-state index in [-0.39, 0.29) is 22.9 Å². The molecule has 1 N–H and O–H groups in total. The Balaban J connectivity index is 1.56. The third-order valence-corrected chi connectivity index (χ3v) is 9.08. The zero-order valence-corrected chi connectivity index (χ0v) is 23.5. The van der Waals surface area contributed by atoms with Crippen LogP contribution in [-0.2, 0) is 10.2 Å². The van der Waals surface area contributed by atoms with E-state index >= 15 is 0 Å². The molecule has 0 radical (unpaired) electrons. The minimum Gasteiger partial charge on any atom is -0.352 e. The summed E-state index contributed by atoms with van der Waals surface area (Å²) in [7, 11) is 0. The van der Waals surface area contributed by atoms with Gasteiger partial charge < -0.3 is 10.2 Å². The van der Waals surface area contributed by atoms with E-state index in [1.54, 1.807) is 30.3 Å². The van der Waals surface area contributed by atoms with Crippen molar-refractivity contribution in [2.75, 3.05) is 10.2 Å². The molecule has 3 aliphatic rings. The summed E-state index contributed by atoms with van der Waals surface area (Å²) in [6.45, 7) is 3.97. The molecule has 4 atom stereocenters. The lowest BCUT2D eigenvalue weighted by Crippen LogP contribution is -2.51. The monoisotopic (exact) mass is 569 g/mol. The predicted octanol–water partition coefficient (Wildman–Crippen LogP) is 6.15. The molecular formula is C35H27N3O5. The van der Waals surface area contributed by atoms with Crippen LogP contribution in [-0.4, -0.2) is 34.5 Å². The van der Waals surface area contributed by atoms with Gasteiger partial charge in [0.05, 0.1) is 16.9 Å². The van der Waals surface area contributed by atoms with Crippen LogP contribution in [0, 0.1) is 23.0 Å². The maximum absolute atomic E-state index is 14.9. The van der Waals surface area contributed by atoms with E-state index in [0.717, 1.165) is 22.4 Å². The Bertz CT molecular complexity index is 1900. The van der Waals surface area contributed by atoms with Gasteiger partial charge in [0.25, 0.3) is 5.69 Å². The number of hydrogen-bond acceptors (Lipinski definition) is 6. The number of allylic oxidation sites excluding steroid dienone is 1. The summed E-state index contributed by atoms with van der Waals surface area (Å²) in [4.78, 5) is 57.1. The van der Waals surface area contributed by atoms with E-state index in [4.69, 9.17) is 0 Å². The number of para-hydroxylation sites is 1. The van der Waals surface area contributed by atoms with Crippen molar-refractivity contribution in [2.45, 2.75) is 31.3 Å². The summed E-state index contributed by atoms with van der Waals surface area (Å²) in [5.41, 5.74) is 3.62. The maximum atomic E-state index is 14.9. The van der Waals surface area contributed by atoms with Gasteiger partial charge in [-0.25, -0.2) is 0 Å². The molecule has 8 nitrogen and oxygen atoms in total. The van der Waals surface area contributed by atoms with Crippen LogP contribution >= 0.6 is 0 Å². The second kappa shape index (κ2) is 9.59. The van der Waals surface area contributed by atoms with Gasteiger partial charge in [0.1, 0.15) is 11.5 Å². The number of fused-ring (bicyclic) bond motifs is 6. The number of rotatable bonds is 5. The zero-order valence-electron chi connectivity index (χ0n) is 23.5. The highest BCUT2D eigenvalue weighted by Gasteiger charge is 2.70. The topological polar surface area (TPSA) is 110 Å². The summed E-state index contributed by atoms with van der Waals surface area (Å²) < 4.78 is 0. The molecule has 1 spiro atoms. The number of aryl methyl sites for hydroxylation is 1. The minimum atomic E-state index is -1.49. The molecule has 4 aromatic rings. The summed E-state index contributed by atoms with van der Waals surface area (Å²) >= 11 is 0. The Morgan fingerprint density at radius 3 is 2.35 bits per heavy atom. The first-order chi connectivity index (χ1) is 20.7. The van der Waals surface area contributed by atoms with Crippen LogP contribution in [0.4, 0.5) is 17.1 Å². The van der Waals surface area contributed by atoms with E-state index in [1.807, 2.05) is 67.3 Å². The lowest BCUT2D eigenvalue weighted by molar-refractivity contribution is -0.384. The average molecular weight is 570 g/mol. The van der Waals surface area contributed by atoms with E-state index in [9.17, 15) is 24.5 Å². The van der Waals surface area contributed by atoms with Gasteiger partial charge in [-0.3, -0.25) is 24.5 Å². The normalized spacial score (nSPS) is 23.2. The standard InChI is InChI=1S/C35H27N3O5/c1-20-15-16-28-25(17-20)21(2)18-29-35(26-13-6-7-14-27(26)36-34(35)41)30(32(39)23-11-8-12-24(19-23)38(42)43)31(37(28)29)33(40)22-9-4-3-5-10-22/h3-19,29-31H,1-2H3,(H,36,41)/t29-,30+,31+,35-/m1/s1. The third-order valence-electron chi connectivity index (χ3n) is 9.08. The first-order valence-electron chi connectivity index (χ1n) is 14.1. The molecule has 1 saturated heterocycles. The first kappa shape index (κ1) is 26.5. The second-order valence-electron chi connectivity index (χ2n) is 11.4. The number of amides is 1. The highest BCUT2D eigenvalue weighted by molar-refractivity contribution is 6.18. The van der Waals surface area contributed by atoms with Gasteiger partial charge in [0.15, 0.2) is 11.6 Å². The number of benzene rings is 4. The molecule has 212 valence electrons. The molecule has 0 bridgehead atoms. The molecule has 8 heteroatoms. The lowest BCUT2D eigenvalue weighted by Gasteiger charge is -2.39. The highest BCUT2D eigenvalue weighted by atomic mass is 16.6. The van der Waals surface area contributed by atoms with Crippen LogP contribution in [0.1, 0.15) is 44.3 Å². The molecule has 43 heavy (non-hydrogen) atoms. The quantitative estimate of drug-likeness (QED) is 0.175. The van der Waals surface area contributed by atoms with Crippen molar-refractivity contribution < 1.29 is 19.3 Å². The lowest BCUT2D eigenvalue weighted by atomic mass is 9.64. The van der Waals surface area contributed by atoms with Gasteiger partial charge in [0, 0.05) is 40.2 Å². The Labute approximate surface area is 247 Å². The number of nitro benzene ring substituents is 1. The van der Waals surface area contributed by atoms with E-state index < -0.39 is 34.1 Å². The Kier molecular flexibility index (Phi) is 5.92. The summed E-state index contributed by atoms with van der Waals surface area (Å²) in [6.07, 6.45) is 2.00. The summed E-state index contributed by atoms with van der Waals surface area (Å²) in [5.74, 6) is -2.38. The Morgan fingerprint density at radius 1 is 0.860 bits per heavy atom. The van der Waals surface area contributed by atoms with Crippen LogP contribution in [0.2, 0.25) is 0 Å². The average Bonchev–Trinajstić information content (AvgIpc) is 3.49. The molecule has 0 unspecified atom stereocenters. The molecule has 7 rings (SSSR count). The molecule has 3 aliphatic heterocycles. The number of non-ortho nitro benzene ring substituents is 1. The van der Waals surface area contributed by atoms with Crippen molar-refractivity contribution in [3.8, 4) is 0 Å². The molecule has 1 amide bonds. The number of nitro groups is 1. The smallest absolute Gasteiger partial charge is 0.270 e. The number of Topliss-reactive ketones (excluding diaryl/α,β-unsaturated/α-hetero) is 2. The van der Waals surface area contributed by atoms with Crippen molar-refractivity contribution in [1.29, 1.82) is 0 Å². The van der Waals surface area contributed by atoms with Gasteiger partial charge in [-0.1, -0.05) is 78.4 Å². The second-order valence-corrected chi connectivity index (χ2v) is 11.4. The molecule has 3 heterocycles. The van der Waals surface area contributed by atoms with E-state index in [1.165, 1.54) is 24.3 Å². The SMILES string of the molecule is CC1=C[C@H]2N(c3ccc(C)cc31)[C@H](C(=O)c1ccccc1)[C@@H](C(=O)c1cccc([N+](=O)[O-])c1)[C@]21C(=O)Nc2ccccc21. The maximum Gasteiger partial charge on any atom is 0.270 e. The van der Waals surface area contributed by atoms with Crippen LogP contribution < -0.4 is 10.2 Å². The number of ketones is 2. The Morgan fingerprint density at radius 2 is 1.58 bits per heavy atom. The van der Waals surface area contributed by atoms with Gasteiger partial charge in [-0.15, -0.1) is 0 Å². The summed E-state index contributed by atoms with van der Waals surface area (Å²) in [6, 6.07) is 25.7. The number of nitrogens with one attached hydrogen (secondary N) is 1. The highest BCUT2D eigenvalue weighted by Crippen LogP contribution is 2.59. The fraction of sp³-hybridized carbons (Fsp3) is 0.171. The fourth-order valence-electron chi connectivity index (χ4n) is 7.27. The third kappa shape index (κ3) is 3.72. The van der Waals surface area contributed by atoms with E-state index in [0.29, 0.717) is 16.8 Å². The fourth-order valence-corrected chi connectivity index (χ4v) is 7.27. The molecule has 4 aromatic carbocycles. The number of carbonyl (C=O) groups is 3. The minimum absolute atomic E-state index is 0.0753. The molecule has 0 aromatic heterocycles. The summed E-state index contributed by atoms with van der Waals surface area (Å²) in [5, 5.41) is 14.7. The van der Waals surface area contributed by atoms with Crippen molar-refractivity contribution >= 4 is 40.1 Å². The van der Waals surface area contributed by atoms with Crippen LogP contribution in [0.3, 0.4) is 0 Å². The number of anilines is 2. The van der Waals surface area contributed by atoms with Crippen molar-refractivity contribution in [1.82, 2.24) is 0 Å². The number of hydrogen-bond donors (Lipinski definition) is 1. The predicted molar refractivity (Wildman–Crippen MR) is 163 cm³/mol. The van der Waals surface area contributed by atoms with Gasteiger partial charge in [0.2, 0.25) is 5.91 Å². The molecule has 0 saturated carbocycles. The van der Waals surface area contributed by atoms with Gasteiger partial charge in [-0.05, 0) is 43.2 Å². The van der Waals surface area contributed by atoms with E-state index in [2.05, 4.69) is 5.32 Å². The van der Waals surface area contributed by atoms with Gasteiger partial charge in [-0.2, -0.15) is 0 Å². The number of carbonyl (C=O) groups excluding carboxylic acids is 3. The Hall–Kier alpha value is -5.37. The van der Waals surface area contributed by atoms with Crippen LogP contribution in [0.25, 0.3) is 5.57 Å². The molecule has 0 aliphatic carbocycles. The van der Waals surface area contributed by atoms with Crippen molar-refractivity contribution in [2.24, 2.45) is 5.92 Å². The number of nitrogens with zero attached hydrogens (tertiary/aromatic N) is 2. The van der Waals surface area contributed by atoms with Crippen LogP contribution in [0.15, 0.2) is 103 Å². The van der Waals surface area contributed by atoms with Crippen LogP contribution in [0.5, 0.6) is 0 Å². The zero-order chi connectivity index (χ0) is 30.0.